The molecule has 6 heteroatoms. The second-order valence-corrected chi connectivity index (χ2v) is 6.51. The Morgan fingerprint density at radius 3 is 2.57 bits per heavy atom. The minimum Gasteiger partial charge on any atom is -0.496 e. The summed E-state index contributed by atoms with van der Waals surface area (Å²) >= 11 is 0. The lowest BCUT2D eigenvalue weighted by atomic mass is 9.97. The molecule has 126 valence electrons. The summed E-state index contributed by atoms with van der Waals surface area (Å²) in [4.78, 5) is 6.52. The van der Waals surface area contributed by atoms with Gasteiger partial charge in [0.2, 0.25) is 5.89 Å². The van der Waals surface area contributed by atoms with Gasteiger partial charge in [-0.2, -0.15) is 4.98 Å². The summed E-state index contributed by atoms with van der Waals surface area (Å²) in [5, 5.41) is 13.4. The number of nitrogens with zero attached hydrogens (tertiary/aromatic N) is 3. The number of aliphatic hydroxyl groups excluding tert-OH is 1. The number of aromatic nitrogens is 2. The smallest absolute Gasteiger partial charge is 0.232 e. The van der Waals surface area contributed by atoms with E-state index in [4.69, 9.17) is 9.26 Å². The highest BCUT2D eigenvalue weighted by atomic mass is 16.5. The quantitative estimate of drug-likeness (QED) is 0.845. The molecule has 0 bridgehead atoms. The number of rotatable bonds is 7. The first kappa shape index (κ1) is 17.4. The summed E-state index contributed by atoms with van der Waals surface area (Å²) in [5.74, 6) is 2.07. The van der Waals surface area contributed by atoms with Crippen LogP contribution in [-0.2, 0) is 18.5 Å². The lowest BCUT2D eigenvalue weighted by Gasteiger charge is -2.20. The first-order valence-corrected chi connectivity index (χ1v) is 7.72. The van der Waals surface area contributed by atoms with Gasteiger partial charge in [-0.15, -0.1) is 0 Å². The normalized spacial score (nSPS) is 11.9. The molecule has 1 aromatic carbocycles. The maximum atomic E-state index is 9.32. The molecule has 2 rings (SSSR count). The van der Waals surface area contributed by atoms with Gasteiger partial charge in [-0.3, -0.25) is 4.90 Å². The standard InChI is InChI=1S/C17H25N3O3/c1-17(2,3)16-18-15(19-23-16)12-20(9-10-21)11-13-7-5-6-8-14(13)22-4/h5-8,21H,9-12H2,1-4H3. The summed E-state index contributed by atoms with van der Waals surface area (Å²) in [7, 11) is 1.66. The Hall–Kier alpha value is -1.92. The van der Waals surface area contributed by atoms with Crippen LogP contribution in [0.25, 0.3) is 0 Å². The van der Waals surface area contributed by atoms with Crippen LogP contribution in [0.2, 0.25) is 0 Å². The third-order valence-corrected chi connectivity index (χ3v) is 3.48. The van der Waals surface area contributed by atoms with Crippen molar-refractivity contribution in [3.8, 4) is 5.75 Å². The molecule has 0 radical (unpaired) electrons. The van der Waals surface area contributed by atoms with E-state index in [0.29, 0.717) is 31.3 Å². The molecule has 0 atom stereocenters. The van der Waals surface area contributed by atoms with Crippen LogP contribution in [0.3, 0.4) is 0 Å². The number of hydrogen-bond acceptors (Lipinski definition) is 6. The SMILES string of the molecule is COc1ccccc1CN(CCO)Cc1noc(C(C)(C)C)n1. The van der Waals surface area contributed by atoms with E-state index in [9.17, 15) is 5.11 Å². The molecule has 6 nitrogen and oxygen atoms in total. The average Bonchev–Trinajstić information content (AvgIpc) is 2.97. The summed E-state index contributed by atoms with van der Waals surface area (Å²) in [5.41, 5.74) is 0.887. The van der Waals surface area contributed by atoms with Crippen LogP contribution < -0.4 is 4.74 Å². The topological polar surface area (TPSA) is 71.6 Å². The number of hydrogen-bond donors (Lipinski definition) is 1. The number of methoxy groups -OCH3 is 1. The molecule has 0 aliphatic rings. The molecule has 2 aromatic rings. The first-order chi connectivity index (χ1) is 10.9. The number of benzene rings is 1. The van der Waals surface area contributed by atoms with E-state index in [1.807, 2.05) is 45.0 Å². The maximum Gasteiger partial charge on any atom is 0.232 e. The zero-order chi connectivity index (χ0) is 16.9. The molecular weight excluding hydrogens is 294 g/mol. The summed E-state index contributed by atoms with van der Waals surface area (Å²) in [6.45, 7) is 7.85. The molecule has 1 heterocycles. The Kier molecular flexibility index (Phi) is 5.74. The Bertz CT molecular complexity index is 620. The van der Waals surface area contributed by atoms with Crippen LogP contribution in [0.1, 0.15) is 38.0 Å². The highest BCUT2D eigenvalue weighted by molar-refractivity contribution is 5.33. The Morgan fingerprint density at radius 2 is 1.96 bits per heavy atom. The van der Waals surface area contributed by atoms with E-state index in [-0.39, 0.29) is 12.0 Å². The van der Waals surface area contributed by atoms with Crippen molar-refractivity contribution in [2.75, 3.05) is 20.3 Å². The zero-order valence-corrected chi connectivity index (χ0v) is 14.2. The average molecular weight is 319 g/mol. The van der Waals surface area contributed by atoms with Crippen molar-refractivity contribution in [1.29, 1.82) is 0 Å². The van der Waals surface area contributed by atoms with Gasteiger partial charge in [-0.05, 0) is 6.07 Å². The van der Waals surface area contributed by atoms with E-state index in [0.717, 1.165) is 11.3 Å². The fourth-order valence-electron chi connectivity index (χ4n) is 2.25. The van der Waals surface area contributed by atoms with Gasteiger partial charge >= 0.3 is 0 Å². The third kappa shape index (κ3) is 4.77. The molecule has 0 aliphatic carbocycles. The largest absolute Gasteiger partial charge is 0.496 e. The second-order valence-electron chi connectivity index (χ2n) is 6.51. The predicted molar refractivity (Wildman–Crippen MR) is 87.2 cm³/mol. The molecule has 1 N–H and O–H groups in total. The van der Waals surface area contributed by atoms with Gasteiger partial charge in [0.05, 0.1) is 20.3 Å². The van der Waals surface area contributed by atoms with Crippen molar-refractivity contribution in [3.63, 3.8) is 0 Å². The van der Waals surface area contributed by atoms with Crippen molar-refractivity contribution in [1.82, 2.24) is 15.0 Å². The lowest BCUT2D eigenvalue weighted by Crippen LogP contribution is -2.27. The van der Waals surface area contributed by atoms with Gasteiger partial charge in [0.1, 0.15) is 5.75 Å². The Labute approximate surface area is 137 Å². The summed E-state index contributed by atoms with van der Waals surface area (Å²) < 4.78 is 10.7. The lowest BCUT2D eigenvalue weighted by molar-refractivity contribution is 0.178. The molecular formula is C17H25N3O3. The van der Waals surface area contributed by atoms with Gasteiger partial charge in [0.15, 0.2) is 5.82 Å². The van der Waals surface area contributed by atoms with E-state index in [2.05, 4.69) is 15.0 Å². The van der Waals surface area contributed by atoms with Crippen LogP contribution >= 0.6 is 0 Å². The minimum absolute atomic E-state index is 0.0686. The van der Waals surface area contributed by atoms with Gasteiger partial charge in [-0.1, -0.05) is 44.1 Å². The van der Waals surface area contributed by atoms with E-state index in [1.54, 1.807) is 7.11 Å². The van der Waals surface area contributed by atoms with Crippen molar-refractivity contribution in [3.05, 3.63) is 41.5 Å². The molecule has 0 spiro atoms. The molecule has 0 saturated carbocycles. The Morgan fingerprint density at radius 1 is 1.22 bits per heavy atom. The van der Waals surface area contributed by atoms with Gasteiger partial charge in [0, 0.05) is 24.1 Å². The van der Waals surface area contributed by atoms with Crippen molar-refractivity contribution >= 4 is 0 Å². The fraction of sp³-hybridized carbons (Fsp3) is 0.529. The molecule has 0 aliphatic heterocycles. The monoisotopic (exact) mass is 319 g/mol. The Balaban J connectivity index is 2.11. The molecule has 0 fully saturated rings. The summed E-state index contributed by atoms with van der Waals surface area (Å²) in [6, 6.07) is 7.85. The van der Waals surface area contributed by atoms with Crippen molar-refractivity contribution < 1.29 is 14.4 Å². The highest BCUT2D eigenvalue weighted by Crippen LogP contribution is 2.22. The van der Waals surface area contributed by atoms with Crippen molar-refractivity contribution in [2.24, 2.45) is 0 Å². The number of ether oxygens (including phenoxy) is 1. The summed E-state index contributed by atoms with van der Waals surface area (Å²) in [6.07, 6.45) is 0. The van der Waals surface area contributed by atoms with E-state index in [1.165, 1.54) is 0 Å². The number of aliphatic hydroxyl groups is 1. The molecule has 0 saturated heterocycles. The minimum atomic E-state index is -0.171. The molecule has 0 amide bonds. The molecule has 23 heavy (non-hydrogen) atoms. The predicted octanol–water partition coefficient (Wildman–Crippen LogP) is 2.37. The number of para-hydroxylation sites is 1. The fourth-order valence-corrected chi connectivity index (χ4v) is 2.25. The highest BCUT2D eigenvalue weighted by Gasteiger charge is 2.22. The van der Waals surface area contributed by atoms with E-state index < -0.39 is 0 Å². The molecule has 0 unspecified atom stereocenters. The molecule has 1 aromatic heterocycles. The van der Waals surface area contributed by atoms with Gasteiger partial charge in [0.25, 0.3) is 0 Å². The van der Waals surface area contributed by atoms with Crippen LogP contribution in [0, 0.1) is 0 Å². The van der Waals surface area contributed by atoms with Crippen molar-refractivity contribution in [2.45, 2.75) is 39.3 Å². The van der Waals surface area contributed by atoms with E-state index >= 15 is 0 Å². The third-order valence-electron chi connectivity index (χ3n) is 3.48. The van der Waals surface area contributed by atoms with Crippen LogP contribution in [-0.4, -0.2) is 40.4 Å². The second kappa shape index (κ2) is 7.57. The maximum absolute atomic E-state index is 9.32. The first-order valence-electron chi connectivity index (χ1n) is 7.72. The van der Waals surface area contributed by atoms with Gasteiger partial charge in [-0.25, -0.2) is 0 Å². The van der Waals surface area contributed by atoms with Crippen LogP contribution in [0.15, 0.2) is 28.8 Å². The zero-order valence-electron chi connectivity index (χ0n) is 14.2. The van der Waals surface area contributed by atoms with Crippen LogP contribution in [0.5, 0.6) is 5.75 Å². The van der Waals surface area contributed by atoms with Crippen LogP contribution in [0.4, 0.5) is 0 Å². The van der Waals surface area contributed by atoms with Gasteiger partial charge < -0.3 is 14.4 Å².